The fourth-order valence-electron chi connectivity index (χ4n) is 1.54. The van der Waals surface area contributed by atoms with Crippen molar-refractivity contribution < 1.29 is 24.2 Å². The molecule has 1 aromatic rings. The zero-order valence-corrected chi connectivity index (χ0v) is 11.5. The Labute approximate surface area is 122 Å². The van der Waals surface area contributed by atoms with Gasteiger partial charge in [-0.1, -0.05) is 30.3 Å². The summed E-state index contributed by atoms with van der Waals surface area (Å²) < 4.78 is 4.87. The lowest BCUT2D eigenvalue weighted by atomic mass is 10.1. The van der Waals surface area contributed by atoms with E-state index in [9.17, 15) is 14.4 Å². The predicted molar refractivity (Wildman–Crippen MR) is 74.2 cm³/mol. The number of rotatable bonds is 7. The SMILES string of the molecule is N[C@H](CCCC(=O)NC(=O)OCc1ccccc1)C(=O)O. The van der Waals surface area contributed by atoms with Crippen molar-refractivity contribution >= 4 is 18.0 Å². The third kappa shape index (κ3) is 7.07. The van der Waals surface area contributed by atoms with E-state index in [0.29, 0.717) is 0 Å². The molecule has 21 heavy (non-hydrogen) atoms. The van der Waals surface area contributed by atoms with Gasteiger partial charge in [0.25, 0.3) is 0 Å². The first kappa shape index (κ1) is 16.6. The van der Waals surface area contributed by atoms with Crippen molar-refractivity contribution in [2.75, 3.05) is 0 Å². The van der Waals surface area contributed by atoms with E-state index in [1.807, 2.05) is 18.2 Å². The standard InChI is InChI=1S/C14H18N2O5/c15-11(13(18)19)7-4-8-12(17)16-14(20)21-9-10-5-2-1-3-6-10/h1-3,5-6,11H,4,7-9,15H2,(H,18,19)(H,16,17,20)/t11-/m1/s1. The number of nitrogens with one attached hydrogen (secondary N) is 1. The number of hydrogen-bond acceptors (Lipinski definition) is 5. The minimum absolute atomic E-state index is 0.0153. The highest BCUT2D eigenvalue weighted by Crippen LogP contribution is 2.02. The molecule has 0 saturated carbocycles. The lowest BCUT2D eigenvalue weighted by Crippen LogP contribution is -2.32. The van der Waals surface area contributed by atoms with Crippen LogP contribution in [0.25, 0.3) is 0 Å². The number of aliphatic carboxylic acids is 1. The number of carboxylic acid groups (broad SMARTS) is 1. The van der Waals surface area contributed by atoms with Crippen LogP contribution < -0.4 is 11.1 Å². The van der Waals surface area contributed by atoms with Crippen LogP contribution in [0.1, 0.15) is 24.8 Å². The molecule has 1 aromatic carbocycles. The third-order valence-electron chi connectivity index (χ3n) is 2.69. The van der Waals surface area contributed by atoms with Crippen LogP contribution in [0, 0.1) is 0 Å². The largest absolute Gasteiger partial charge is 0.480 e. The van der Waals surface area contributed by atoms with E-state index in [2.05, 4.69) is 5.32 Å². The number of amides is 2. The van der Waals surface area contributed by atoms with Gasteiger partial charge in [0, 0.05) is 6.42 Å². The Morgan fingerprint density at radius 1 is 1.24 bits per heavy atom. The van der Waals surface area contributed by atoms with E-state index >= 15 is 0 Å². The van der Waals surface area contributed by atoms with Gasteiger partial charge in [-0.15, -0.1) is 0 Å². The summed E-state index contributed by atoms with van der Waals surface area (Å²) in [6.45, 7) is 0.0733. The average Bonchev–Trinajstić information content (AvgIpc) is 2.46. The summed E-state index contributed by atoms with van der Waals surface area (Å²) in [6, 6.07) is 8.06. The second-order valence-electron chi connectivity index (χ2n) is 4.45. The molecular formula is C14H18N2O5. The van der Waals surface area contributed by atoms with Crippen LogP contribution in [0.4, 0.5) is 4.79 Å². The minimum atomic E-state index is -1.11. The number of carbonyl (C=O) groups is 3. The van der Waals surface area contributed by atoms with Crippen molar-refractivity contribution in [3.05, 3.63) is 35.9 Å². The van der Waals surface area contributed by atoms with E-state index in [1.165, 1.54) is 0 Å². The van der Waals surface area contributed by atoms with Crippen LogP contribution in [0.15, 0.2) is 30.3 Å². The highest BCUT2D eigenvalue weighted by Gasteiger charge is 2.13. The van der Waals surface area contributed by atoms with Gasteiger partial charge in [-0.3, -0.25) is 14.9 Å². The number of ether oxygens (including phenoxy) is 1. The molecule has 0 unspecified atom stereocenters. The fraction of sp³-hybridized carbons (Fsp3) is 0.357. The lowest BCUT2D eigenvalue weighted by molar-refractivity contribution is -0.138. The maximum Gasteiger partial charge on any atom is 0.414 e. The maximum absolute atomic E-state index is 11.4. The summed E-state index contributed by atoms with van der Waals surface area (Å²) >= 11 is 0. The molecule has 0 bridgehead atoms. The highest BCUT2D eigenvalue weighted by molar-refractivity contribution is 5.91. The van der Waals surface area contributed by atoms with Crippen LogP contribution >= 0.6 is 0 Å². The summed E-state index contributed by atoms with van der Waals surface area (Å²) in [5, 5.41) is 10.6. The van der Waals surface area contributed by atoms with Gasteiger partial charge in [0.15, 0.2) is 0 Å². The number of carbonyl (C=O) groups excluding carboxylic acids is 2. The number of nitrogens with two attached hydrogens (primary N) is 1. The third-order valence-corrected chi connectivity index (χ3v) is 2.69. The van der Waals surface area contributed by atoms with E-state index in [4.69, 9.17) is 15.6 Å². The maximum atomic E-state index is 11.4. The molecule has 1 rings (SSSR count). The van der Waals surface area contributed by atoms with Crippen LogP contribution in [0.3, 0.4) is 0 Å². The molecule has 7 nitrogen and oxygen atoms in total. The summed E-state index contributed by atoms with van der Waals surface area (Å²) in [5.41, 5.74) is 6.11. The Bertz CT molecular complexity index is 489. The molecule has 0 aliphatic carbocycles. The Morgan fingerprint density at radius 3 is 2.52 bits per heavy atom. The minimum Gasteiger partial charge on any atom is -0.480 e. The van der Waals surface area contributed by atoms with Gasteiger partial charge in [-0.05, 0) is 18.4 Å². The van der Waals surface area contributed by atoms with Gasteiger partial charge in [-0.25, -0.2) is 4.79 Å². The second-order valence-corrected chi connectivity index (χ2v) is 4.45. The molecule has 4 N–H and O–H groups in total. The molecule has 0 aliphatic rings. The predicted octanol–water partition coefficient (Wildman–Crippen LogP) is 1.02. The zero-order chi connectivity index (χ0) is 15.7. The van der Waals surface area contributed by atoms with Gasteiger partial charge in [0.05, 0.1) is 0 Å². The Hall–Kier alpha value is -2.41. The van der Waals surface area contributed by atoms with Crippen molar-refractivity contribution in [1.29, 1.82) is 0 Å². The van der Waals surface area contributed by atoms with Crippen molar-refractivity contribution in [3.8, 4) is 0 Å². The van der Waals surface area contributed by atoms with Crippen LogP contribution in [0.2, 0.25) is 0 Å². The summed E-state index contributed by atoms with van der Waals surface area (Å²) in [7, 11) is 0. The first-order valence-corrected chi connectivity index (χ1v) is 6.48. The van der Waals surface area contributed by atoms with Crippen molar-refractivity contribution in [1.82, 2.24) is 5.32 Å². The fourth-order valence-corrected chi connectivity index (χ4v) is 1.54. The Morgan fingerprint density at radius 2 is 1.90 bits per heavy atom. The average molecular weight is 294 g/mol. The number of hydrogen-bond donors (Lipinski definition) is 3. The Kier molecular flexibility index (Phi) is 6.90. The number of alkyl carbamates (subject to hydrolysis) is 1. The van der Waals surface area contributed by atoms with E-state index in [0.717, 1.165) is 5.56 Å². The molecule has 0 aromatic heterocycles. The number of carboxylic acids is 1. The van der Waals surface area contributed by atoms with Crippen molar-refractivity contribution in [2.24, 2.45) is 5.73 Å². The molecule has 0 aliphatic heterocycles. The molecule has 7 heteroatoms. The monoisotopic (exact) mass is 294 g/mol. The lowest BCUT2D eigenvalue weighted by Gasteiger charge is -2.07. The molecule has 0 spiro atoms. The van der Waals surface area contributed by atoms with Crippen LogP contribution in [-0.4, -0.2) is 29.1 Å². The quantitative estimate of drug-likeness (QED) is 0.691. The van der Waals surface area contributed by atoms with Gasteiger partial charge in [0.2, 0.25) is 5.91 Å². The zero-order valence-electron chi connectivity index (χ0n) is 11.5. The van der Waals surface area contributed by atoms with E-state index in [1.54, 1.807) is 12.1 Å². The van der Waals surface area contributed by atoms with Crippen molar-refractivity contribution in [2.45, 2.75) is 31.9 Å². The molecule has 0 saturated heterocycles. The number of imide groups is 1. The molecule has 0 fully saturated rings. The van der Waals surface area contributed by atoms with Crippen molar-refractivity contribution in [3.63, 3.8) is 0 Å². The summed E-state index contributed by atoms with van der Waals surface area (Å²) in [5.74, 6) is -1.64. The molecule has 1 atom stereocenters. The molecule has 114 valence electrons. The van der Waals surface area contributed by atoms with Crippen LogP contribution in [0.5, 0.6) is 0 Å². The van der Waals surface area contributed by atoms with E-state index < -0.39 is 24.0 Å². The molecule has 2 amide bonds. The smallest absolute Gasteiger partial charge is 0.414 e. The van der Waals surface area contributed by atoms with Gasteiger partial charge in [-0.2, -0.15) is 0 Å². The normalized spacial score (nSPS) is 11.5. The first-order chi connectivity index (χ1) is 9.99. The Balaban J connectivity index is 2.19. The first-order valence-electron chi connectivity index (χ1n) is 6.48. The summed E-state index contributed by atoms with van der Waals surface area (Å²) in [6.07, 6.45) is -0.361. The second kappa shape index (κ2) is 8.70. The summed E-state index contributed by atoms with van der Waals surface area (Å²) in [4.78, 5) is 33.2. The van der Waals surface area contributed by atoms with Crippen LogP contribution in [-0.2, 0) is 20.9 Å². The van der Waals surface area contributed by atoms with Gasteiger partial charge >= 0.3 is 12.1 Å². The number of benzene rings is 1. The highest BCUT2D eigenvalue weighted by atomic mass is 16.5. The van der Waals surface area contributed by atoms with E-state index in [-0.39, 0.29) is 25.9 Å². The molecule has 0 radical (unpaired) electrons. The van der Waals surface area contributed by atoms with Gasteiger partial charge in [0.1, 0.15) is 12.6 Å². The molecule has 0 heterocycles. The van der Waals surface area contributed by atoms with Gasteiger partial charge < -0.3 is 15.6 Å². The topological polar surface area (TPSA) is 119 Å². The molecular weight excluding hydrogens is 276 g/mol.